The van der Waals surface area contributed by atoms with Gasteiger partial charge in [0.15, 0.2) is 0 Å². The number of carbonyl (C=O) groups excluding carboxylic acids is 1. The van der Waals surface area contributed by atoms with E-state index in [2.05, 4.69) is 21.2 Å². The predicted octanol–water partition coefficient (Wildman–Crippen LogP) is 4.15. The summed E-state index contributed by atoms with van der Waals surface area (Å²) >= 11 is 9.43. The number of carbonyl (C=O) groups is 1. The van der Waals surface area contributed by atoms with E-state index in [9.17, 15) is 13.2 Å². The maximum atomic E-state index is 13.0. The minimum atomic E-state index is -3.75. The second kappa shape index (κ2) is 8.82. The number of ether oxygens (including phenoxy) is 1. The Hall–Kier alpha value is -1.61. The minimum Gasteiger partial charge on any atom is -0.495 e. The van der Waals surface area contributed by atoms with Gasteiger partial charge in [-0.1, -0.05) is 27.5 Å². The van der Waals surface area contributed by atoms with E-state index in [-0.39, 0.29) is 22.4 Å². The quantitative estimate of drug-likeness (QED) is 0.687. The van der Waals surface area contributed by atoms with E-state index in [1.54, 1.807) is 12.1 Å². The lowest BCUT2D eigenvalue weighted by molar-refractivity contribution is -0.120. The van der Waals surface area contributed by atoms with Crippen LogP contribution in [0.25, 0.3) is 0 Å². The van der Waals surface area contributed by atoms with Gasteiger partial charge in [0, 0.05) is 23.2 Å². The Balaban J connectivity index is 1.73. The molecular formula is C19H20BrClN2O4S. The lowest BCUT2D eigenvalue weighted by Crippen LogP contribution is -2.43. The van der Waals surface area contributed by atoms with Crippen molar-refractivity contribution in [1.29, 1.82) is 0 Å². The Morgan fingerprint density at radius 3 is 2.61 bits per heavy atom. The Morgan fingerprint density at radius 1 is 1.25 bits per heavy atom. The molecule has 2 aromatic rings. The first-order chi connectivity index (χ1) is 13.3. The van der Waals surface area contributed by atoms with Crippen LogP contribution >= 0.6 is 27.5 Å². The van der Waals surface area contributed by atoms with Crippen molar-refractivity contribution in [2.75, 3.05) is 25.5 Å². The van der Waals surface area contributed by atoms with E-state index < -0.39 is 15.9 Å². The van der Waals surface area contributed by atoms with Gasteiger partial charge in [-0.15, -0.1) is 0 Å². The van der Waals surface area contributed by atoms with Crippen molar-refractivity contribution in [2.24, 2.45) is 5.92 Å². The highest BCUT2D eigenvalue weighted by molar-refractivity contribution is 9.10. The number of piperidine rings is 1. The van der Waals surface area contributed by atoms with Crippen molar-refractivity contribution < 1.29 is 17.9 Å². The van der Waals surface area contributed by atoms with Crippen molar-refractivity contribution in [3.63, 3.8) is 0 Å². The molecule has 2 aromatic carbocycles. The minimum absolute atomic E-state index is 0.0901. The molecule has 0 aliphatic carbocycles. The van der Waals surface area contributed by atoms with Gasteiger partial charge in [-0.05, 0) is 55.3 Å². The standard InChI is InChI=1S/C19H20BrClN2O4S/c1-27-18-9-8-16(11-17(18)21)28(25,26)23-10-2-3-13(12-23)19(24)22-15-6-4-14(20)5-7-15/h4-9,11,13H,2-3,10,12H2,1H3,(H,22,24)/t13-/m1/s1. The molecule has 0 radical (unpaired) electrons. The number of amides is 1. The highest BCUT2D eigenvalue weighted by Gasteiger charge is 2.33. The van der Waals surface area contributed by atoms with Gasteiger partial charge in [0.05, 0.1) is 22.9 Å². The van der Waals surface area contributed by atoms with Crippen LogP contribution in [0.2, 0.25) is 5.02 Å². The second-order valence-corrected chi connectivity index (χ2v) is 9.76. The summed E-state index contributed by atoms with van der Waals surface area (Å²) in [7, 11) is -2.28. The van der Waals surface area contributed by atoms with Gasteiger partial charge in [-0.3, -0.25) is 4.79 Å². The van der Waals surface area contributed by atoms with E-state index in [1.807, 2.05) is 12.1 Å². The Labute approximate surface area is 178 Å². The van der Waals surface area contributed by atoms with Crippen molar-refractivity contribution in [2.45, 2.75) is 17.7 Å². The molecule has 0 spiro atoms. The number of anilines is 1. The van der Waals surface area contributed by atoms with Gasteiger partial charge >= 0.3 is 0 Å². The van der Waals surface area contributed by atoms with Crippen molar-refractivity contribution >= 4 is 49.1 Å². The van der Waals surface area contributed by atoms with Crippen LogP contribution in [0.4, 0.5) is 5.69 Å². The number of nitrogens with zero attached hydrogens (tertiary/aromatic N) is 1. The van der Waals surface area contributed by atoms with Crippen molar-refractivity contribution in [3.05, 3.63) is 52.0 Å². The smallest absolute Gasteiger partial charge is 0.243 e. The van der Waals surface area contributed by atoms with Gasteiger partial charge in [-0.2, -0.15) is 4.31 Å². The molecule has 9 heteroatoms. The van der Waals surface area contributed by atoms with Crippen LogP contribution in [0.1, 0.15) is 12.8 Å². The van der Waals surface area contributed by atoms with E-state index >= 15 is 0 Å². The predicted molar refractivity (Wildman–Crippen MR) is 112 cm³/mol. The van der Waals surface area contributed by atoms with Crippen molar-refractivity contribution in [1.82, 2.24) is 4.31 Å². The fourth-order valence-electron chi connectivity index (χ4n) is 3.11. The van der Waals surface area contributed by atoms with Gasteiger partial charge < -0.3 is 10.1 Å². The van der Waals surface area contributed by atoms with Gasteiger partial charge in [0.1, 0.15) is 5.75 Å². The van der Waals surface area contributed by atoms with Crippen LogP contribution in [-0.4, -0.2) is 38.8 Å². The Kier molecular flexibility index (Phi) is 6.65. The first-order valence-corrected chi connectivity index (χ1v) is 11.3. The van der Waals surface area contributed by atoms with E-state index in [1.165, 1.54) is 29.6 Å². The van der Waals surface area contributed by atoms with Crippen LogP contribution in [0.15, 0.2) is 51.8 Å². The topological polar surface area (TPSA) is 75.7 Å². The summed E-state index contributed by atoms with van der Waals surface area (Å²) < 4.78 is 33.3. The molecule has 1 fully saturated rings. The number of hydrogen-bond donors (Lipinski definition) is 1. The number of rotatable bonds is 5. The number of hydrogen-bond acceptors (Lipinski definition) is 4. The molecule has 1 aliphatic heterocycles. The molecule has 28 heavy (non-hydrogen) atoms. The summed E-state index contributed by atoms with van der Waals surface area (Å²) in [4.78, 5) is 12.7. The normalized spacial score (nSPS) is 17.9. The third-order valence-electron chi connectivity index (χ3n) is 4.63. The summed E-state index contributed by atoms with van der Waals surface area (Å²) in [5.74, 6) is -0.193. The van der Waals surface area contributed by atoms with E-state index in [4.69, 9.17) is 16.3 Å². The molecule has 0 unspecified atom stereocenters. The second-order valence-electron chi connectivity index (χ2n) is 6.49. The molecule has 0 saturated carbocycles. The summed E-state index contributed by atoms with van der Waals surface area (Å²) in [6.45, 7) is 0.502. The number of nitrogens with one attached hydrogen (secondary N) is 1. The molecule has 0 bridgehead atoms. The molecule has 1 aliphatic rings. The summed E-state index contributed by atoms with van der Waals surface area (Å²) in [5.41, 5.74) is 0.676. The Bertz CT molecular complexity index is 966. The molecule has 150 valence electrons. The molecule has 1 heterocycles. The fourth-order valence-corrected chi connectivity index (χ4v) is 5.25. The molecule has 6 nitrogen and oxygen atoms in total. The lowest BCUT2D eigenvalue weighted by Gasteiger charge is -2.31. The Morgan fingerprint density at radius 2 is 1.96 bits per heavy atom. The van der Waals surface area contributed by atoms with Crippen LogP contribution in [0.3, 0.4) is 0 Å². The van der Waals surface area contributed by atoms with Crippen LogP contribution in [0, 0.1) is 5.92 Å². The third-order valence-corrected chi connectivity index (χ3v) is 7.31. The average Bonchev–Trinajstić information content (AvgIpc) is 2.69. The number of halogens is 2. The number of methoxy groups -OCH3 is 1. The molecule has 1 saturated heterocycles. The molecule has 3 rings (SSSR count). The summed E-state index contributed by atoms with van der Waals surface area (Å²) in [6.07, 6.45) is 1.25. The zero-order valence-corrected chi connectivity index (χ0v) is 18.4. The monoisotopic (exact) mass is 486 g/mol. The number of sulfonamides is 1. The summed E-state index contributed by atoms with van der Waals surface area (Å²) in [5, 5.41) is 3.08. The van der Waals surface area contributed by atoms with E-state index in [0.717, 1.165) is 4.47 Å². The maximum absolute atomic E-state index is 13.0. The molecule has 1 amide bonds. The SMILES string of the molecule is COc1ccc(S(=O)(=O)N2CCC[C@@H](C(=O)Nc3ccc(Br)cc3)C2)cc1Cl. The fraction of sp³-hybridized carbons (Fsp3) is 0.316. The highest BCUT2D eigenvalue weighted by Crippen LogP contribution is 2.30. The number of benzene rings is 2. The zero-order valence-electron chi connectivity index (χ0n) is 15.2. The third kappa shape index (κ3) is 4.68. The molecule has 1 atom stereocenters. The van der Waals surface area contributed by atoms with Crippen LogP contribution < -0.4 is 10.1 Å². The van der Waals surface area contributed by atoms with Crippen LogP contribution in [-0.2, 0) is 14.8 Å². The molecule has 0 aromatic heterocycles. The van der Waals surface area contributed by atoms with Crippen molar-refractivity contribution in [3.8, 4) is 5.75 Å². The van der Waals surface area contributed by atoms with Gasteiger partial charge in [-0.25, -0.2) is 8.42 Å². The van der Waals surface area contributed by atoms with Gasteiger partial charge in [0.2, 0.25) is 15.9 Å². The average molecular weight is 488 g/mol. The van der Waals surface area contributed by atoms with E-state index in [0.29, 0.717) is 30.8 Å². The van der Waals surface area contributed by atoms with Crippen LogP contribution in [0.5, 0.6) is 5.75 Å². The highest BCUT2D eigenvalue weighted by atomic mass is 79.9. The largest absolute Gasteiger partial charge is 0.495 e. The lowest BCUT2D eigenvalue weighted by atomic mass is 9.99. The zero-order chi connectivity index (χ0) is 20.3. The molecular weight excluding hydrogens is 468 g/mol. The van der Waals surface area contributed by atoms with Gasteiger partial charge in [0.25, 0.3) is 0 Å². The maximum Gasteiger partial charge on any atom is 0.243 e. The first kappa shape index (κ1) is 21.1. The summed E-state index contributed by atoms with van der Waals surface area (Å²) in [6, 6.07) is 11.6. The first-order valence-electron chi connectivity index (χ1n) is 8.71. The molecule has 1 N–H and O–H groups in total.